The number of piperidine rings is 1. The molecule has 1 saturated heterocycles. The molecule has 0 amide bonds. The maximum Gasteiger partial charge on any atom is 0.239 e. The summed E-state index contributed by atoms with van der Waals surface area (Å²) in [5, 5.41) is 9.71. The van der Waals surface area contributed by atoms with Gasteiger partial charge in [-0.2, -0.15) is 4.98 Å². The van der Waals surface area contributed by atoms with Crippen LogP contribution >= 0.6 is 0 Å². The average molecular weight is 237 g/mol. The average Bonchev–Trinajstić information content (AvgIpc) is 2.32. The van der Waals surface area contributed by atoms with Gasteiger partial charge in [0.15, 0.2) is 0 Å². The Balaban J connectivity index is 2.19. The Kier molecular flexibility index (Phi) is 3.44. The quantitative estimate of drug-likeness (QED) is 0.506. The van der Waals surface area contributed by atoms with Crippen LogP contribution in [0.4, 0.5) is 11.8 Å². The molecule has 17 heavy (non-hydrogen) atoms. The highest BCUT2D eigenvalue weighted by Crippen LogP contribution is 2.22. The number of rotatable bonds is 2. The topological polar surface area (TPSA) is 87.3 Å². The van der Waals surface area contributed by atoms with Gasteiger partial charge in [-0.25, -0.2) is 10.8 Å². The van der Waals surface area contributed by atoms with Crippen molar-refractivity contribution in [1.82, 2.24) is 9.97 Å². The van der Waals surface area contributed by atoms with E-state index in [9.17, 15) is 5.11 Å². The van der Waals surface area contributed by atoms with Crippen LogP contribution < -0.4 is 16.2 Å². The minimum atomic E-state index is -0.207. The normalized spacial score (nSPS) is 24.8. The first-order valence-corrected chi connectivity index (χ1v) is 5.85. The molecule has 4 N–H and O–H groups in total. The summed E-state index contributed by atoms with van der Waals surface area (Å²) in [7, 11) is 0. The Hall–Kier alpha value is -1.40. The second-order valence-electron chi connectivity index (χ2n) is 4.61. The molecular weight excluding hydrogens is 218 g/mol. The van der Waals surface area contributed by atoms with Gasteiger partial charge in [-0.3, -0.25) is 5.43 Å². The second kappa shape index (κ2) is 4.85. The minimum Gasteiger partial charge on any atom is -0.393 e. The SMILES string of the molecule is Cc1cc(N2CCC(O)C(C)C2)nc(NN)n1. The van der Waals surface area contributed by atoms with Crippen molar-refractivity contribution in [2.45, 2.75) is 26.4 Å². The van der Waals surface area contributed by atoms with Gasteiger partial charge < -0.3 is 10.0 Å². The van der Waals surface area contributed by atoms with Crippen LogP contribution in [0, 0.1) is 12.8 Å². The van der Waals surface area contributed by atoms with Crippen molar-refractivity contribution in [3.63, 3.8) is 0 Å². The number of nitrogens with one attached hydrogen (secondary N) is 1. The first-order valence-electron chi connectivity index (χ1n) is 5.85. The molecule has 1 aromatic rings. The predicted octanol–water partition coefficient (Wildman–Crippen LogP) is 0.278. The molecule has 0 saturated carbocycles. The molecule has 0 aliphatic carbocycles. The Morgan fingerprint density at radius 2 is 2.29 bits per heavy atom. The number of aliphatic hydroxyl groups is 1. The molecule has 94 valence electrons. The van der Waals surface area contributed by atoms with Crippen molar-refractivity contribution in [3.05, 3.63) is 11.8 Å². The fourth-order valence-electron chi connectivity index (χ4n) is 2.12. The van der Waals surface area contributed by atoms with E-state index in [2.05, 4.69) is 20.3 Å². The lowest BCUT2D eigenvalue weighted by molar-refractivity contribution is 0.0969. The third-order valence-electron chi connectivity index (χ3n) is 3.15. The van der Waals surface area contributed by atoms with Crippen LogP contribution in [0.3, 0.4) is 0 Å². The Morgan fingerprint density at radius 3 is 2.94 bits per heavy atom. The number of hydrogen-bond acceptors (Lipinski definition) is 6. The fraction of sp³-hybridized carbons (Fsp3) is 0.636. The van der Waals surface area contributed by atoms with Crippen molar-refractivity contribution >= 4 is 11.8 Å². The summed E-state index contributed by atoms with van der Waals surface area (Å²) < 4.78 is 0. The highest BCUT2D eigenvalue weighted by molar-refractivity contribution is 5.44. The molecule has 6 heteroatoms. The maximum absolute atomic E-state index is 9.71. The van der Waals surface area contributed by atoms with Crippen molar-refractivity contribution in [1.29, 1.82) is 0 Å². The number of aryl methyl sites for hydroxylation is 1. The lowest BCUT2D eigenvalue weighted by Crippen LogP contribution is -2.42. The summed E-state index contributed by atoms with van der Waals surface area (Å²) in [6, 6.07) is 1.94. The van der Waals surface area contributed by atoms with E-state index in [1.165, 1.54) is 0 Å². The molecule has 0 aromatic carbocycles. The number of aromatic nitrogens is 2. The molecule has 0 spiro atoms. The number of aliphatic hydroxyl groups excluding tert-OH is 1. The molecule has 2 rings (SSSR count). The molecule has 1 aliphatic heterocycles. The van der Waals surface area contributed by atoms with Crippen molar-refractivity contribution in [2.75, 3.05) is 23.4 Å². The van der Waals surface area contributed by atoms with Crippen molar-refractivity contribution in [2.24, 2.45) is 11.8 Å². The number of nitrogen functional groups attached to an aromatic ring is 1. The predicted molar refractivity (Wildman–Crippen MR) is 66.6 cm³/mol. The van der Waals surface area contributed by atoms with Gasteiger partial charge in [0, 0.05) is 24.8 Å². The Labute approximate surface area is 101 Å². The lowest BCUT2D eigenvalue weighted by Gasteiger charge is -2.35. The van der Waals surface area contributed by atoms with Gasteiger partial charge in [0.2, 0.25) is 5.95 Å². The van der Waals surface area contributed by atoms with Crippen molar-refractivity contribution in [3.8, 4) is 0 Å². The second-order valence-corrected chi connectivity index (χ2v) is 4.61. The zero-order chi connectivity index (χ0) is 12.4. The summed E-state index contributed by atoms with van der Waals surface area (Å²) in [4.78, 5) is 10.6. The smallest absolute Gasteiger partial charge is 0.239 e. The largest absolute Gasteiger partial charge is 0.393 e. The van der Waals surface area contributed by atoms with Crippen LogP contribution in [-0.2, 0) is 0 Å². The van der Waals surface area contributed by atoms with Gasteiger partial charge in [0.05, 0.1) is 6.10 Å². The van der Waals surface area contributed by atoms with E-state index < -0.39 is 0 Å². The minimum absolute atomic E-state index is 0.207. The third kappa shape index (κ3) is 2.65. The monoisotopic (exact) mass is 237 g/mol. The number of nitrogens with two attached hydrogens (primary N) is 1. The standard InChI is InChI=1S/C11H19N5O/c1-7-6-16(4-3-9(7)17)10-5-8(2)13-11(14-10)15-12/h5,7,9,17H,3-4,6,12H2,1-2H3,(H,13,14,15). The lowest BCUT2D eigenvalue weighted by atomic mass is 9.97. The zero-order valence-electron chi connectivity index (χ0n) is 10.2. The van der Waals surface area contributed by atoms with E-state index in [4.69, 9.17) is 5.84 Å². The van der Waals surface area contributed by atoms with Gasteiger partial charge in [-0.15, -0.1) is 0 Å². The van der Waals surface area contributed by atoms with Gasteiger partial charge in [0.25, 0.3) is 0 Å². The first kappa shape index (κ1) is 12.1. The zero-order valence-corrected chi connectivity index (χ0v) is 10.2. The molecular formula is C11H19N5O. The van der Waals surface area contributed by atoms with E-state index in [0.29, 0.717) is 5.95 Å². The molecule has 1 fully saturated rings. The molecule has 1 aliphatic rings. The number of hydrogen-bond donors (Lipinski definition) is 3. The number of nitrogens with zero attached hydrogens (tertiary/aromatic N) is 3. The molecule has 2 atom stereocenters. The van der Waals surface area contributed by atoms with Gasteiger partial charge >= 0.3 is 0 Å². The highest BCUT2D eigenvalue weighted by atomic mass is 16.3. The fourth-order valence-corrected chi connectivity index (χ4v) is 2.12. The van der Waals surface area contributed by atoms with E-state index in [1.807, 2.05) is 19.9 Å². The maximum atomic E-state index is 9.71. The van der Waals surface area contributed by atoms with Crippen LogP contribution in [0.2, 0.25) is 0 Å². The van der Waals surface area contributed by atoms with E-state index in [-0.39, 0.29) is 12.0 Å². The van der Waals surface area contributed by atoms with Crippen LogP contribution in [0.5, 0.6) is 0 Å². The van der Waals surface area contributed by atoms with E-state index in [0.717, 1.165) is 31.0 Å². The number of anilines is 2. The highest BCUT2D eigenvalue weighted by Gasteiger charge is 2.25. The molecule has 6 nitrogen and oxygen atoms in total. The Bertz CT molecular complexity index is 397. The van der Waals surface area contributed by atoms with Crippen LogP contribution in [0.1, 0.15) is 19.0 Å². The third-order valence-corrected chi connectivity index (χ3v) is 3.15. The van der Waals surface area contributed by atoms with Crippen molar-refractivity contribution < 1.29 is 5.11 Å². The number of hydrazine groups is 1. The van der Waals surface area contributed by atoms with E-state index in [1.54, 1.807) is 0 Å². The first-order chi connectivity index (χ1) is 8.10. The molecule has 1 aromatic heterocycles. The van der Waals surface area contributed by atoms with E-state index >= 15 is 0 Å². The summed E-state index contributed by atoms with van der Waals surface area (Å²) in [6.45, 7) is 5.58. The van der Waals surface area contributed by atoms with Crippen LogP contribution in [0.15, 0.2) is 6.07 Å². The summed E-state index contributed by atoms with van der Waals surface area (Å²) in [5.74, 6) is 6.89. The molecule has 2 heterocycles. The molecule has 2 unspecified atom stereocenters. The van der Waals surface area contributed by atoms with Gasteiger partial charge in [-0.05, 0) is 19.3 Å². The van der Waals surface area contributed by atoms with Crippen LogP contribution in [-0.4, -0.2) is 34.3 Å². The summed E-state index contributed by atoms with van der Waals surface area (Å²) >= 11 is 0. The molecule has 0 bridgehead atoms. The Morgan fingerprint density at radius 1 is 1.53 bits per heavy atom. The summed E-state index contributed by atoms with van der Waals surface area (Å²) in [5.41, 5.74) is 3.35. The van der Waals surface area contributed by atoms with Gasteiger partial charge in [-0.1, -0.05) is 6.92 Å². The van der Waals surface area contributed by atoms with Gasteiger partial charge in [0.1, 0.15) is 5.82 Å². The van der Waals surface area contributed by atoms with Crippen LogP contribution in [0.25, 0.3) is 0 Å². The molecule has 0 radical (unpaired) electrons. The summed E-state index contributed by atoms with van der Waals surface area (Å²) in [6.07, 6.45) is 0.566.